The van der Waals surface area contributed by atoms with Crippen LogP contribution in [0, 0.1) is 6.92 Å². The van der Waals surface area contributed by atoms with Crippen molar-refractivity contribution in [1.29, 1.82) is 0 Å². The molecule has 1 atom stereocenters. The highest BCUT2D eigenvalue weighted by Gasteiger charge is 2.39. The van der Waals surface area contributed by atoms with Gasteiger partial charge in [0.1, 0.15) is 17.4 Å². The largest absolute Gasteiger partial charge is 0.497 e. The number of ketones is 1. The van der Waals surface area contributed by atoms with Crippen molar-refractivity contribution in [2.24, 2.45) is 0 Å². The van der Waals surface area contributed by atoms with Gasteiger partial charge in [-0.25, -0.2) is 14.6 Å². The molecule has 55 heavy (non-hydrogen) atoms. The van der Waals surface area contributed by atoms with E-state index in [9.17, 15) is 35.9 Å². The van der Waals surface area contributed by atoms with Gasteiger partial charge in [0.2, 0.25) is 5.91 Å². The maximum atomic E-state index is 13.4. The summed E-state index contributed by atoms with van der Waals surface area (Å²) >= 11 is 0. The zero-order valence-corrected chi connectivity index (χ0v) is 29.9. The minimum absolute atomic E-state index is 0.0716. The molecule has 5 N–H and O–H groups in total. The van der Waals surface area contributed by atoms with Gasteiger partial charge in [0.25, 0.3) is 0 Å². The zero-order valence-electron chi connectivity index (χ0n) is 29.9. The lowest BCUT2D eigenvalue weighted by Crippen LogP contribution is -2.30. The lowest BCUT2D eigenvalue weighted by molar-refractivity contribution is -0.193. The molecule has 5 aromatic rings. The zero-order chi connectivity index (χ0) is 40.9. The van der Waals surface area contributed by atoms with Gasteiger partial charge in [-0.15, -0.1) is 0 Å². The molecule has 0 saturated heterocycles. The molecular formula is C37H39F6N5O7. The van der Waals surface area contributed by atoms with Crippen molar-refractivity contribution < 1.29 is 60.5 Å². The molecule has 0 spiro atoms. The van der Waals surface area contributed by atoms with Crippen molar-refractivity contribution in [3.8, 4) is 17.0 Å². The molecule has 0 saturated carbocycles. The Bertz CT molecular complexity index is 2070. The van der Waals surface area contributed by atoms with Crippen molar-refractivity contribution in [3.05, 3.63) is 78.0 Å². The number of aliphatic carboxylic acids is 2. The van der Waals surface area contributed by atoms with E-state index in [1.165, 1.54) is 0 Å². The Morgan fingerprint density at radius 2 is 1.56 bits per heavy atom. The molecule has 18 heteroatoms. The highest BCUT2D eigenvalue weighted by Crippen LogP contribution is 2.28. The van der Waals surface area contributed by atoms with Crippen LogP contribution in [-0.2, 0) is 25.6 Å². The molecule has 0 fully saturated rings. The summed E-state index contributed by atoms with van der Waals surface area (Å²) in [6, 6.07) is 15.7. The number of benzene rings is 2. The molecule has 1 unspecified atom stereocenters. The topological polar surface area (TPSA) is 187 Å². The summed E-state index contributed by atoms with van der Waals surface area (Å²) in [6.07, 6.45) is -1.74. The Labute approximate surface area is 310 Å². The number of pyridine rings is 1. The summed E-state index contributed by atoms with van der Waals surface area (Å²) in [5.74, 6) is -3.81. The number of nitrogens with zero attached hydrogens (tertiary/aromatic N) is 2. The predicted molar refractivity (Wildman–Crippen MR) is 189 cm³/mol. The first-order chi connectivity index (χ1) is 25.8. The first-order valence-electron chi connectivity index (χ1n) is 16.8. The number of ether oxygens (including phenoxy) is 1. The van der Waals surface area contributed by atoms with Crippen molar-refractivity contribution in [1.82, 2.24) is 25.3 Å². The fourth-order valence-corrected chi connectivity index (χ4v) is 5.33. The summed E-state index contributed by atoms with van der Waals surface area (Å²) in [5.41, 5.74) is 5.73. The van der Waals surface area contributed by atoms with Crippen LogP contribution < -0.4 is 10.1 Å². The van der Waals surface area contributed by atoms with Crippen molar-refractivity contribution in [2.75, 3.05) is 7.11 Å². The smallest absolute Gasteiger partial charge is 0.490 e. The molecule has 2 aromatic carbocycles. The Hall–Kier alpha value is -5.94. The van der Waals surface area contributed by atoms with Gasteiger partial charge < -0.3 is 30.2 Å². The van der Waals surface area contributed by atoms with E-state index < -0.39 is 24.3 Å². The van der Waals surface area contributed by atoms with E-state index in [0.29, 0.717) is 18.6 Å². The molecule has 5 rings (SSSR count). The third kappa shape index (κ3) is 13.1. The number of aryl methyl sites for hydroxylation is 1. The number of imidazole rings is 1. The molecule has 0 bridgehead atoms. The first-order valence-corrected chi connectivity index (χ1v) is 16.8. The number of amides is 1. The number of aromatic nitrogens is 4. The van der Waals surface area contributed by atoms with Crippen LogP contribution in [0.3, 0.4) is 0 Å². The fourth-order valence-electron chi connectivity index (χ4n) is 5.33. The minimum atomic E-state index is -5.08. The van der Waals surface area contributed by atoms with Crippen LogP contribution in [0.15, 0.2) is 60.9 Å². The maximum absolute atomic E-state index is 13.4. The summed E-state index contributed by atoms with van der Waals surface area (Å²) in [4.78, 5) is 58.9. The average Bonchev–Trinajstić information content (AvgIpc) is 3.74. The van der Waals surface area contributed by atoms with E-state index in [2.05, 4.69) is 26.3 Å². The van der Waals surface area contributed by atoms with Crippen LogP contribution in [0.1, 0.15) is 68.6 Å². The van der Waals surface area contributed by atoms with E-state index in [1.807, 2.05) is 62.5 Å². The molecular weight excluding hydrogens is 740 g/mol. The fraction of sp³-hybridized carbons (Fsp3) is 0.351. The number of carbonyl (C=O) groups excluding carboxylic acids is 2. The monoisotopic (exact) mass is 779 g/mol. The molecule has 296 valence electrons. The van der Waals surface area contributed by atoms with E-state index in [-0.39, 0.29) is 18.4 Å². The Morgan fingerprint density at radius 1 is 0.891 bits per heavy atom. The Morgan fingerprint density at radius 3 is 2.18 bits per heavy atom. The van der Waals surface area contributed by atoms with Gasteiger partial charge in [0.05, 0.1) is 37.0 Å². The standard InChI is InChI=1S/C33H37N5O3.2C2HF3O2/c1-4-24(39)10-6-5-7-11-30(33-35-20-31(38-33)23-12-14-28-22(17-23)9-8-16-34-28)37-32(40)19-26-21(2)36-29-15-13-25(41-3)18-27(26)29;2*3-2(4,5)1(6)7/h8-9,12-18,20,30,36H,4-7,10-11,19H2,1-3H3,(H,35,38)(H,37,40);2*(H,6,7). The number of Topliss-reactive ketones (excluding diaryl/α,β-unsaturated/α-hetero) is 1. The number of aromatic amines is 2. The van der Waals surface area contributed by atoms with Crippen LogP contribution in [-0.4, -0.2) is 73.2 Å². The highest BCUT2D eigenvalue weighted by molar-refractivity contribution is 5.91. The molecule has 1 amide bonds. The molecule has 12 nitrogen and oxygen atoms in total. The number of nitrogens with one attached hydrogen (secondary N) is 3. The van der Waals surface area contributed by atoms with Crippen LogP contribution in [0.4, 0.5) is 26.3 Å². The Balaban J connectivity index is 0.000000494. The number of alkyl halides is 6. The number of unbranched alkanes of at least 4 members (excludes halogenated alkanes) is 2. The van der Waals surface area contributed by atoms with Crippen molar-refractivity contribution in [2.45, 2.75) is 77.2 Å². The normalized spacial score (nSPS) is 11.9. The minimum Gasteiger partial charge on any atom is -0.497 e. The lowest BCUT2D eigenvalue weighted by atomic mass is 10.0. The number of halogens is 6. The average molecular weight is 780 g/mol. The number of H-pyrrole nitrogens is 2. The number of hydrogen-bond donors (Lipinski definition) is 5. The van der Waals surface area contributed by atoms with Gasteiger partial charge in [0, 0.05) is 46.6 Å². The molecule has 0 aliphatic carbocycles. The van der Waals surface area contributed by atoms with Crippen LogP contribution in [0.2, 0.25) is 0 Å². The number of carboxylic acids is 2. The summed E-state index contributed by atoms with van der Waals surface area (Å²) in [7, 11) is 1.64. The molecule has 3 heterocycles. The van der Waals surface area contributed by atoms with Gasteiger partial charge in [0.15, 0.2) is 0 Å². The van der Waals surface area contributed by atoms with Gasteiger partial charge in [-0.2, -0.15) is 26.3 Å². The van der Waals surface area contributed by atoms with Gasteiger partial charge in [-0.1, -0.05) is 31.9 Å². The van der Waals surface area contributed by atoms with Crippen molar-refractivity contribution >= 4 is 45.4 Å². The predicted octanol–water partition coefficient (Wildman–Crippen LogP) is 8.02. The van der Waals surface area contributed by atoms with Crippen LogP contribution >= 0.6 is 0 Å². The number of methoxy groups -OCH3 is 1. The second-order valence-electron chi connectivity index (χ2n) is 12.1. The van der Waals surface area contributed by atoms with E-state index in [0.717, 1.165) is 81.6 Å². The molecule has 0 aliphatic rings. The van der Waals surface area contributed by atoms with Gasteiger partial charge >= 0.3 is 24.3 Å². The summed E-state index contributed by atoms with van der Waals surface area (Å²) in [5, 5.41) is 19.5. The first kappa shape index (κ1) is 43.5. The number of carbonyl (C=O) groups is 4. The third-order valence-corrected chi connectivity index (χ3v) is 8.17. The van der Waals surface area contributed by atoms with Gasteiger partial charge in [-0.3, -0.25) is 14.6 Å². The van der Waals surface area contributed by atoms with Gasteiger partial charge in [-0.05, 0) is 61.7 Å². The van der Waals surface area contributed by atoms with E-state index in [1.54, 1.807) is 13.3 Å². The van der Waals surface area contributed by atoms with Crippen LogP contribution in [0.5, 0.6) is 5.75 Å². The SMILES string of the molecule is CCC(=O)CCCCCC(NC(=O)Cc1c(C)[nH]c2ccc(OC)cc12)c1ncc(-c2ccc3ncccc3c2)[nH]1.O=C(O)C(F)(F)F.O=C(O)C(F)(F)F. The number of hydrogen-bond acceptors (Lipinski definition) is 7. The second kappa shape index (κ2) is 19.4. The van der Waals surface area contributed by atoms with E-state index in [4.69, 9.17) is 29.5 Å². The third-order valence-electron chi connectivity index (χ3n) is 8.17. The number of fused-ring (bicyclic) bond motifs is 2. The lowest BCUT2D eigenvalue weighted by Gasteiger charge is -2.17. The number of carboxylic acid groups (broad SMARTS) is 2. The van der Waals surface area contributed by atoms with Crippen molar-refractivity contribution in [3.63, 3.8) is 0 Å². The highest BCUT2D eigenvalue weighted by atomic mass is 19.4. The van der Waals surface area contributed by atoms with Crippen LogP contribution in [0.25, 0.3) is 33.1 Å². The molecule has 0 aliphatic heterocycles. The quantitative estimate of drug-likeness (QED) is 0.0583. The second-order valence-corrected chi connectivity index (χ2v) is 12.1. The van der Waals surface area contributed by atoms with E-state index >= 15 is 0 Å². The maximum Gasteiger partial charge on any atom is 0.490 e. The number of rotatable bonds is 13. The summed E-state index contributed by atoms with van der Waals surface area (Å²) in [6.45, 7) is 3.89. The molecule has 3 aromatic heterocycles. The summed E-state index contributed by atoms with van der Waals surface area (Å²) < 4.78 is 68.9. The Kier molecular flexibility index (Phi) is 15.3. The molecule has 0 radical (unpaired) electrons.